The predicted octanol–water partition coefficient (Wildman–Crippen LogP) is 3.52. The fourth-order valence-electron chi connectivity index (χ4n) is 4.02. The summed E-state index contributed by atoms with van der Waals surface area (Å²) in [5.41, 5.74) is 2.51. The van der Waals surface area contributed by atoms with Crippen LogP contribution in [0.2, 0.25) is 0 Å². The Morgan fingerprint density at radius 2 is 1.72 bits per heavy atom. The molecule has 152 valence electrons. The number of hydrogen-bond donors (Lipinski definition) is 1. The van der Waals surface area contributed by atoms with Crippen LogP contribution in [0, 0.1) is 0 Å². The van der Waals surface area contributed by atoms with Crippen LogP contribution in [0.1, 0.15) is 54.4 Å². The average Bonchev–Trinajstić information content (AvgIpc) is 2.79. The number of nitrogens with zero attached hydrogens (tertiary/aromatic N) is 3. The molecule has 1 N–H and O–H groups in total. The van der Waals surface area contributed by atoms with E-state index in [1.807, 2.05) is 29.3 Å². The van der Waals surface area contributed by atoms with Gasteiger partial charge in [0.15, 0.2) is 0 Å². The van der Waals surface area contributed by atoms with Crippen molar-refractivity contribution in [1.82, 2.24) is 10.3 Å². The quantitative estimate of drug-likeness (QED) is 0.846. The molecule has 0 spiro atoms. The van der Waals surface area contributed by atoms with Crippen LogP contribution in [0.4, 0.5) is 11.5 Å². The third-order valence-corrected chi connectivity index (χ3v) is 5.71. The van der Waals surface area contributed by atoms with Gasteiger partial charge in [0.25, 0.3) is 5.91 Å². The van der Waals surface area contributed by atoms with Crippen molar-refractivity contribution in [2.75, 3.05) is 29.4 Å². The molecular formula is C23H28N4O2. The number of carbonyl (C=O) groups is 2. The number of pyridine rings is 1. The van der Waals surface area contributed by atoms with Crippen LogP contribution in [0.25, 0.3) is 0 Å². The first-order valence-corrected chi connectivity index (χ1v) is 10.6. The Morgan fingerprint density at radius 3 is 2.48 bits per heavy atom. The van der Waals surface area contributed by atoms with Crippen LogP contribution in [0.15, 0.2) is 42.6 Å². The summed E-state index contributed by atoms with van der Waals surface area (Å²) in [6.07, 6.45) is 8.12. The Bertz CT molecular complexity index is 859. The second kappa shape index (κ2) is 9.07. The highest BCUT2D eigenvalue weighted by Crippen LogP contribution is 2.21. The molecule has 6 heteroatoms. The molecule has 2 aliphatic heterocycles. The molecule has 2 aromatic rings. The van der Waals surface area contributed by atoms with Gasteiger partial charge in [0.05, 0.1) is 0 Å². The van der Waals surface area contributed by atoms with Gasteiger partial charge in [-0.05, 0) is 74.1 Å². The topological polar surface area (TPSA) is 65.5 Å². The van der Waals surface area contributed by atoms with Crippen molar-refractivity contribution in [3.8, 4) is 0 Å². The van der Waals surface area contributed by atoms with Crippen molar-refractivity contribution in [2.45, 2.75) is 45.1 Å². The molecule has 0 aliphatic carbocycles. The third-order valence-electron chi connectivity index (χ3n) is 5.71. The minimum absolute atomic E-state index is 0.113. The van der Waals surface area contributed by atoms with Crippen LogP contribution in [0.3, 0.4) is 0 Å². The van der Waals surface area contributed by atoms with E-state index >= 15 is 0 Å². The summed E-state index contributed by atoms with van der Waals surface area (Å²) in [4.78, 5) is 33.2. The zero-order chi connectivity index (χ0) is 20.1. The fraction of sp³-hybridized carbons (Fsp3) is 0.435. The summed E-state index contributed by atoms with van der Waals surface area (Å²) in [7, 11) is 0. The first kappa shape index (κ1) is 19.4. The van der Waals surface area contributed by atoms with E-state index in [1.54, 1.807) is 12.1 Å². The van der Waals surface area contributed by atoms with E-state index in [0.29, 0.717) is 18.5 Å². The van der Waals surface area contributed by atoms with E-state index in [-0.39, 0.29) is 11.8 Å². The zero-order valence-electron chi connectivity index (χ0n) is 16.8. The lowest BCUT2D eigenvalue weighted by Gasteiger charge is -2.28. The number of nitrogens with one attached hydrogen (secondary N) is 1. The summed E-state index contributed by atoms with van der Waals surface area (Å²) >= 11 is 0. The Morgan fingerprint density at radius 1 is 0.966 bits per heavy atom. The number of piperidine rings is 2. The van der Waals surface area contributed by atoms with Crippen molar-refractivity contribution in [3.05, 3.63) is 53.7 Å². The number of aromatic nitrogens is 1. The van der Waals surface area contributed by atoms with Crippen molar-refractivity contribution < 1.29 is 9.59 Å². The third kappa shape index (κ3) is 4.75. The lowest BCUT2D eigenvalue weighted by atomic mass is 10.1. The Balaban J connectivity index is 1.35. The Kier molecular flexibility index (Phi) is 6.08. The highest BCUT2D eigenvalue weighted by molar-refractivity contribution is 5.96. The van der Waals surface area contributed by atoms with E-state index in [2.05, 4.69) is 21.3 Å². The fourth-order valence-corrected chi connectivity index (χ4v) is 4.02. The van der Waals surface area contributed by atoms with E-state index in [1.165, 1.54) is 19.3 Å². The van der Waals surface area contributed by atoms with Crippen LogP contribution in [0.5, 0.6) is 0 Å². The number of amides is 2. The minimum atomic E-state index is -0.113. The number of rotatable bonds is 5. The molecule has 2 saturated heterocycles. The molecule has 0 radical (unpaired) electrons. The maximum absolute atomic E-state index is 12.5. The van der Waals surface area contributed by atoms with Gasteiger partial charge >= 0.3 is 0 Å². The second-order valence-electron chi connectivity index (χ2n) is 7.80. The van der Waals surface area contributed by atoms with E-state index in [4.69, 9.17) is 0 Å². The van der Waals surface area contributed by atoms with Gasteiger partial charge in [0.1, 0.15) is 5.82 Å². The monoisotopic (exact) mass is 392 g/mol. The smallest absolute Gasteiger partial charge is 0.251 e. The van der Waals surface area contributed by atoms with Gasteiger partial charge in [0.2, 0.25) is 5.91 Å². The van der Waals surface area contributed by atoms with Crippen LogP contribution in [-0.2, 0) is 11.3 Å². The first-order valence-electron chi connectivity index (χ1n) is 10.6. The summed E-state index contributed by atoms with van der Waals surface area (Å²) in [5, 5.41) is 2.99. The van der Waals surface area contributed by atoms with Gasteiger partial charge in [-0.3, -0.25) is 9.59 Å². The molecule has 1 aromatic carbocycles. The summed E-state index contributed by atoms with van der Waals surface area (Å²) < 4.78 is 0. The standard InChI is InChI=1S/C23H28N4O2/c28-22-6-2-5-15-27(22)20-9-7-19(8-10-20)23(29)25-17-18-11-12-24-21(16-18)26-13-3-1-4-14-26/h7-12,16H,1-6,13-15,17H2,(H,25,29). The molecule has 4 rings (SSSR count). The van der Waals surface area contributed by atoms with Gasteiger partial charge in [-0.25, -0.2) is 4.98 Å². The molecule has 2 fully saturated rings. The molecule has 0 saturated carbocycles. The van der Waals surface area contributed by atoms with Gasteiger partial charge in [-0.1, -0.05) is 0 Å². The zero-order valence-corrected chi connectivity index (χ0v) is 16.8. The maximum atomic E-state index is 12.5. The highest BCUT2D eigenvalue weighted by Gasteiger charge is 2.19. The summed E-state index contributed by atoms with van der Waals surface area (Å²) in [6.45, 7) is 3.32. The minimum Gasteiger partial charge on any atom is -0.357 e. The van der Waals surface area contributed by atoms with E-state index in [0.717, 1.165) is 49.5 Å². The van der Waals surface area contributed by atoms with Crippen LogP contribution >= 0.6 is 0 Å². The van der Waals surface area contributed by atoms with Gasteiger partial charge < -0.3 is 15.1 Å². The molecule has 2 amide bonds. The summed E-state index contributed by atoms with van der Waals surface area (Å²) in [5.74, 6) is 1.04. The Labute approximate surface area is 171 Å². The number of benzene rings is 1. The van der Waals surface area contributed by atoms with Gasteiger partial charge in [-0.15, -0.1) is 0 Å². The SMILES string of the molecule is O=C(NCc1ccnc(N2CCCCC2)c1)c1ccc(N2CCCCC2=O)cc1. The van der Waals surface area contributed by atoms with Crippen molar-refractivity contribution in [1.29, 1.82) is 0 Å². The van der Waals surface area contributed by atoms with Crippen LogP contribution in [-0.4, -0.2) is 36.4 Å². The first-order chi connectivity index (χ1) is 14.2. The molecule has 2 aliphatic rings. The molecule has 0 bridgehead atoms. The lowest BCUT2D eigenvalue weighted by molar-refractivity contribution is -0.119. The Hall–Kier alpha value is -2.89. The second-order valence-corrected chi connectivity index (χ2v) is 7.80. The maximum Gasteiger partial charge on any atom is 0.251 e. The predicted molar refractivity (Wildman–Crippen MR) is 114 cm³/mol. The van der Waals surface area contributed by atoms with Crippen molar-refractivity contribution >= 4 is 23.3 Å². The molecule has 6 nitrogen and oxygen atoms in total. The van der Waals surface area contributed by atoms with Crippen molar-refractivity contribution in [3.63, 3.8) is 0 Å². The van der Waals surface area contributed by atoms with Gasteiger partial charge in [-0.2, -0.15) is 0 Å². The average molecular weight is 393 g/mol. The van der Waals surface area contributed by atoms with Crippen molar-refractivity contribution in [2.24, 2.45) is 0 Å². The highest BCUT2D eigenvalue weighted by atomic mass is 16.2. The van der Waals surface area contributed by atoms with E-state index in [9.17, 15) is 9.59 Å². The van der Waals surface area contributed by atoms with Crippen LogP contribution < -0.4 is 15.1 Å². The molecule has 3 heterocycles. The largest absolute Gasteiger partial charge is 0.357 e. The molecular weight excluding hydrogens is 364 g/mol. The summed E-state index contributed by atoms with van der Waals surface area (Å²) in [6, 6.07) is 11.3. The number of anilines is 2. The van der Waals surface area contributed by atoms with E-state index < -0.39 is 0 Å². The molecule has 0 unspecified atom stereocenters. The molecule has 1 aromatic heterocycles. The number of carbonyl (C=O) groups excluding carboxylic acids is 2. The normalized spacial score (nSPS) is 17.3. The molecule has 29 heavy (non-hydrogen) atoms. The van der Waals surface area contributed by atoms with Gasteiger partial charge in [0, 0.05) is 50.0 Å². The number of hydrogen-bond acceptors (Lipinski definition) is 4. The molecule has 0 atom stereocenters. The lowest BCUT2D eigenvalue weighted by Crippen LogP contribution is -2.35.